The van der Waals surface area contributed by atoms with E-state index in [-0.39, 0.29) is 0 Å². The third kappa shape index (κ3) is 1.93. The summed E-state index contributed by atoms with van der Waals surface area (Å²) in [5.41, 5.74) is 0. The number of hydrogen-bond donors (Lipinski definition) is 0. The van der Waals surface area contributed by atoms with Gasteiger partial charge in [0.05, 0.1) is 0 Å². The van der Waals surface area contributed by atoms with Gasteiger partial charge < -0.3 is 4.74 Å². The first-order valence-corrected chi connectivity index (χ1v) is 3.75. The number of rotatable bonds is 2. The molecule has 0 saturated carbocycles. The Kier molecular flexibility index (Phi) is 2.46. The molecule has 0 bridgehead atoms. The number of hydrogen-bond acceptors (Lipinski definition) is 4. The average Bonchev–Trinajstić information content (AvgIpc) is 2.29. The number of ether oxygens (including phenoxy) is 1. The second kappa shape index (κ2) is 3.38. The smallest absolute Gasteiger partial charge is 0.304 e. The lowest BCUT2D eigenvalue weighted by molar-refractivity contribution is -0.162. The fraction of sp³-hybridized carbons (Fsp3) is 0.375. The van der Waals surface area contributed by atoms with E-state index >= 15 is 0 Å². The number of nitrogens with zero attached hydrogens (tertiary/aromatic N) is 1. The van der Waals surface area contributed by atoms with Crippen LogP contribution in [0.3, 0.4) is 0 Å². The minimum absolute atomic E-state index is 0.459. The minimum Gasteiger partial charge on any atom is -0.441 e. The van der Waals surface area contributed by atoms with Gasteiger partial charge in [-0.1, -0.05) is 0 Å². The Labute approximate surface area is 75.0 Å². The van der Waals surface area contributed by atoms with Gasteiger partial charge in [0.1, 0.15) is 0 Å². The van der Waals surface area contributed by atoms with Crippen molar-refractivity contribution >= 4 is 17.8 Å². The molecule has 0 N–H and O–H groups in total. The van der Waals surface area contributed by atoms with Crippen LogP contribution in [0, 0.1) is 0 Å². The molecule has 13 heavy (non-hydrogen) atoms. The first-order chi connectivity index (χ1) is 6.02. The number of amides is 2. The lowest BCUT2D eigenvalue weighted by Crippen LogP contribution is -2.40. The SMILES string of the molecule is CC(=O)OC(C)N1C(=O)C=CC1=O. The normalized spacial score (nSPS) is 17.8. The predicted molar refractivity (Wildman–Crippen MR) is 42.2 cm³/mol. The Balaban J connectivity index is 2.67. The van der Waals surface area contributed by atoms with Crippen LogP contribution in [-0.4, -0.2) is 28.9 Å². The van der Waals surface area contributed by atoms with Crippen molar-refractivity contribution in [2.45, 2.75) is 20.1 Å². The molecule has 0 aromatic carbocycles. The van der Waals surface area contributed by atoms with Crippen molar-refractivity contribution in [3.63, 3.8) is 0 Å². The van der Waals surface area contributed by atoms with E-state index in [4.69, 9.17) is 0 Å². The van der Waals surface area contributed by atoms with E-state index in [1.165, 1.54) is 13.8 Å². The van der Waals surface area contributed by atoms with E-state index in [2.05, 4.69) is 4.74 Å². The zero-order chi connectivity index (χ0) is 10.0. The van der Waals surface area contributed by atoms with E-state index in [0.717, 1.165) is 17.1 Å². The number of esters is 1. The summed E-state index contributed by atoms with van der Waals surface area (Å²) in [7, 11) is 0. The van der Waals surface area contributed by atoms with Crippen LogP contribution in [0.25, 0.3) is 0 Å². The molecule has 0 aromatic rings. The standard InChI is InChI=1S/C8H9NO4/c1-5(13-6(2)10)9-7(11)3-4-8(9)12/h3-5H,1-2H3. The minimum atomic E-state index is -0.840. The molecule has 0 aromatic heterocycles. The Morgan fingerprint density at radius 2 is 1.85 bits per heavy atom. The van der Waals surface area contributed by atoms with Crippen LogP contribution in [0.1, 0.15) is 13.8 Å². The highest BCUT2D eigenvalue weighted by Crippen LogP contribution is 2.09. The van der Waals surface area contributed by atoms with Crippen molar-refractivity contribution < 1.29 is 19.1 Å². The monoisotopic (exact) mass is 183 g/mol. The molecule has 0 spiro atoms. The number of imide groups is 1. The number of carbonyl (C=O) groups is 3. The second-order valence-electron chi connectivity index (χ2n) is 2.59. The highest BCUT2D eigenvalue weighted by atomic mass is 16.6. The second-order valence-corrected chi connectivity index (χ2v) is 2.59. The van der Waals surface area contributed by atoms with Gasteiger partial charge in [-0.3, -0.25) is 14.4 Å². The molecule has 0 fully saturated rings. The van der Waals surface area contributed by atoms with E-state index in [1.54, 1.807) is 0 Å². The number of carbonyl (C=O) groups excluding carboxylic acids is 3. The van der Waals surface area contributed by atoms with E-state index < -0.39 is 24.0 Å². The maximum absolute atomic E-state index is 11.0. The van der Waals surface area contributed by atoms with Gasteiger partial charge in [0.15, 0.2) is 6.23 Å². The fourth-order valence-electron chi connectivity index (χ4n) is 1.06. The fourth-order valence-corrected chi connectivity index (χ4v) is 1.06. The van der Waals surface area contributed by atoms with Crippen LogP contribution in [0.5, 0.6) is 0 Å². The van der Waals surface area contributed by atoms with Gasteiger partial charge in [0, 0.05) is 19.1 Å². The summed E-state index contributed by atoms with van der Waals surface area (Å²) < 4.78 is 4.68. The van der Waals surface area contributed by atoms with Crippen LogP contribution in [0.4, 0.5) is 0 Å². The topological polar surface area (TPSA) is 63.7 Å². The summed E-state index contributed by atoms with van der Waals surface area (Å²) in [5.74, 6) is -1.45. The molecule has 1 rings (SSSR count). The molecule has 5 nitrogen and oxygen atoms in total. The average molecular weight is 183 g/mol. The largest absolute Gasteiger partial charge is 0.441 e. The molecule has 0 aliphatic carbocycles. The van der Waals surface area contributed by atoms with Gasteiger partial charge >= 0.3 is 5.97 Å². The maximum Gasteiger partial charge on any atom is 0.304 e. The van der Waals surface area contributed by atoms with Crippen molar-refractivity contribution in [2.24, 2.45) is 0 Å². The first-order valence-electron chi connectivity index (χ1n) is 3.75. The molecule has 2 amide bonds. The van der Waals surface area contributed by atoms with Gasteiger partial charge in [-0.15, -0.1) is 0 Å². The van der Waals surface area contributed by atoms with Crippen LogP contribution in [0.2, 0.25) is 0 Å². The van der Waals surface area contributed by atoms with E-state index in [0.29, 0.717) is 0 Å². The molecule has 70 valence electrons. The summed E-state index contributed by atoms with van der Waals surface area (Å²) >= 11 is 0. The van der Waals surface area contributed by atoms with Crippen LogP contribution < -0.4 is 0 Å². The predicted octanol–water partition coefficient (Wildman–Crippen LogP) is -0.179. The zero-order valence-corrected chi connectivity index (χ0v) is 7.31. The van der Waals surface area contributed by atoms with Gasteiger partial charge in [-0.05, 0) is 6.92 Å². The summed E-state index contributed by atoms with van der Waals surface area (Å²) in [6, 6.07) is 0. The highest BCUT2D eigenvalue weighted by Gasteiger charge is 2.29. The lowest BCUT2D eigenvalue weighted by atomic mass is 10.5. The summed E-state index contributed by atoms with van der Waals surface area (Å²) in [6.07, 6.45) is 1.44. The lowest BCUT2D eigenvalue weighted by Gasteiger charge is -2.21. The molecule has 1 unspecified atom stereocenters. The molecule has 1 atom stereocenters. The molecule has 0 radical (unpaired) electrons. The Morgan fingerprint density at radius 1 is 1.38 bits per heavy atom. The van der Waals surface area contributed by atoms with Crippen molar-refractivity contribution in [1.29, 1.82) is 0 Å². The van der Waals surface area contributed by atoms with Crippen molar-refractivity contribution in [3.8, 4) is 0 Å². The van der Waals surface area contributed by atoms with Crippen LogP contribution in [0.15, 0.2) is 12.2 Å². The van der Waals surface area contributed by atoms with Gasteiger partial charge in [0.25, 0.3) is 11.8 Å². The van der Waals surface area contributed by atoms with E-state index in [1.807, 2.05) is 0 Å². The molecular weight excluding hydrogens is 174 g/mol. The Hall–Kier alpha value is -1.65. The first kappa shape index (κ1) is 9.44. The quantitative estimate of drug-likeness (QED) is 0.440. The van der Waals surface area contributed by atoms with Crippen LogP contribution >= 0.6 is 0 Å². The Morgan fingerprint density at radius 3 is 2.23 bits per heavy atom. The van der Waals surface area contributed by atoms with Crippen molar-refractivity contribution in [1.82, 2.24) is 4.90 Å². The third-order valence-electron chi connectivity index (χ3n) is 1.54. The maximum atomic E-state index is 11.0. The van der Waals surface area contributed by atoms with Gasteiger partial charge in [-0.25, -0.2) is 4.90 Å². The molecule has 5 heteroatoms. The molecule has 1 aliphatic heterocycles. The molecule has 1 aliphatic rings. The third-order valence-corrected chi connectivity index (χ3v) is 1.54. The molecule has 1 heterocycles. The Bertz CT molecular complexity index is 277. The molecule has 0 saturated heterocycles. The van der Waals surface area contributed by atoms with E-state index in [9.17, 15) is 14.4 Å². The summed E-state index contributed by atoms with van der Waals surface area (Å²) in [6.45, 7) is 2.68. The van der Waals surface area contributed by atoms with Gasteiger partial charge in [-0.2, -0.15) is 0 Å². The highest BCUT2D eigenvalue weighted by molar-refractivity contribution is 6.13. The van der Waals surface area contributed by atoms with Crippen LogP contribution in [-0.2, 0) is 19.1 Å². The molecular formula is C8H9NO4. The summed E-state index contributed by atoms with van der Waals surface area (Å²) in [4.78, 5) is 33.5. The van der Waals surface area contributed by atoms with Crippen molar-refractivity contribution in [3.05, 3.63) is 12.2 Å². The zero-order valence-electron chi connectivity index (χ0n) is 7.31. The summed E-state index contributed by atoms with van der Waals surface area (Å²) in [5, 5.41) is 0. The van der Waals surface area contributed by atoms with Crippen molar-refractivity contribution in [2.75, 3.05) is 0 Å². The van der Waals surface area contributed by atoms with Gasteiger partial charge in [0.2, 0.25) is 0 Å².